The first kappa shape index (κ1) is 12.5. The van der Waals surface area contributed by atoms with Crippen LogP contribution in [-0.4, -0.2) is 41.3 Å². The fourth-order valence-electron chi connectivity index (χ4n) is 2.05. The van der Waals surface area contributed by atoms with Gasteiger partial charge in [0, 0.05) is 25.5 Å². The van der Waals surface area contributed by atoms with Crippen LogP contribution in [0.25, 0.3) is 0 Å². The van der Waals surface area contributed by atoms with Gasteiger partial charge in [-0.05, 0) is 31.5 Å². The van der Waals surface area contributed by atoms with Crippen molar-refractivity contribution in [3.05, 3.63) is 30.1 Å². The third-order valence-corrected chi connectivity index (χ3v) is 3.08. The third kappa shape index (κ3) is 2.34. The van der Waals surface area contributed by atoms with Crippen molar-refractivity contribution < 1.29 is 9.53 Å². The summed E-state index contributed by atoms with van der Waals surface area (Å²) >= 11 is 0. The van der Waals surface area contributed by atoms with E-state index in [1.807, 2.05) is 26.0 Å². The van der Waals surface area contributed by atoms with Crippen LogP contribution < -0.4 is 0 Å². The van der Waals surface area contributed by atoms with E-state index in [9.17, 15) is 4.79 Å². The minimum Gasteiger partial charge on any atom is -0.473 e. The van der Waals surface area contributed by atoms with Crippen molar-refractivity contribution in [2.45, 2.75) is 26.0 Å². The molecule has 0 aliphatic carbocycles. The minimum absolute atomic E-state index is 0.00978. The quantitative estimate of drug-likeness (QED) is 0.808. The standard InChI is InChI=1S/C13H17N3O2/c1-3-16(4-2)13(17)11-12(18-9-15-11)10-5-7-14-8-6-10/h5-9,11-12H,3-4H2,1-2H3/t11-,12?/m1/s1. The number of nitrogens with zero attached hydrogens (tertiary/aromatic N) is 3. The van der Waals surface area contributed by atoms with Crippen LogP contribution in [0.5, 0.6) is 0 Å². The summed E-state index contributed by atoms with van der Waals surface area (Å²) in [5, 5.41) is 0. The fourth-order valence-corrected chi connectivity index (χ4v) is 2.05. The summed E-state index contributed by atoms with van der Waals surface area (Å²) in [4.78, 5) is 22.2. The van der Waals surface area contributed by atoms with Gasteiger partial charge in [-0.1, -0.05) is 0 Å². The molecule has 0 fully saturated rings. The van der Waals surface area contributed by atoms with Gasteiger partial charge >= 0.3 is 0 Å². The van der Waals surface area contributed by atoms with E-state index in [1.165, 1.54) is 6.40 Å². The van der Waals surface area contributed by atoms with Gasteiger partial charge in [0.25, 0.3) is 5.91 Å². The average molecular weight is 247 g/mol. The summed E-state index contributed by atoms with van der Waals surface area (Å²) in [6, 6.07) is 3.22. The van der Waals surface area contributed by atoms with Crippen molar-refractivity contribution in [2.75, 3.05) is 13.1 Å². The van der Waals surface area contributed by atoms with Crippen LogP contribution in [0, 0.1) is 0 Å². The highest BCUT2D eigenvalue weighted by Gasteiger charge is 2.35. The lowest BCUT2D eigenvalue weighted by atomic mass is 10.0. The molecule has 0 N–H and O–H groups in total. The molecule has 18 heavy (non-hydrogen) atoms. The van der Waals surface area contributed by atoms with Gasteiger partial charge in [0.05, 0.1) is 0 Å². The first-order valence-corrected chi connectivity index (χ1v) is 6.13. The number of carbonyl (C=O) groups is 1. The Morgan fingerprint density at radius 3 is 2.61 bits per heavy atom. The molecule has 1 aliphatic heterocycles. The molecule has 0 saturated carbocycles. The first-order chi connectivity index (χ1) is 8.77. The largest absolute Gasteiger partial charge is 0.473 e. The number of carbonyl (C=O) groups excluding carboxylic acids is 1. The zero-order chi connectivity index (χ0) is 13.0. The third-order valence-electron chi connectivity index (χ3n) is 3.08. The Kier molecular flexibility index (Phi) is 3.92. The number of pyridine rings is 1. The Labute approximate surface area is 106 Å². The lowest BCUT2D eigenvalue weighted by molar-refractivity contribution is -0.133. The van der Waals surface area contributed by atoms with Gasteiger partial charge in [0.15, 0.2) is 18.5 Å². The van der Waals surface area contributed by atoms with E-state index in [-0.39, 0.29) is 12.0 Å². The normalized spacial score (nSPS) is 21.7. The molecule has 1 aliphatic rings. The molecule has 2 atom stereocenters. The van der Waals surface area contributed by atoms with Crippen LogP contribution in [-0.2, 0) is 9.53 Å². The van der Waals surface area contributed by atoms with E-state index in [4.69, 9.17) is 4.74 Å². The lowest BCUT2D eigenvalue weighted by Gasteiger charge is -2.24. The van der Waals surface area contributed by atoms with Crippen LogP contribution in [0.4, 0.5) is 0 Å². The van der Waals surface area contributed by atoms with Crippen molar-refractivity contribution >= 4 is 12.3 Å². The molecule has 1 aromatic heterocycles. The molecule has 1 aromatic rings. The smallest absolute Gasteiger partial charge is 0.251 e. The minimum atomic E-state index is -0.479. The predicted molar refractivity (Wildman–Crippen MR) is 68.3 cm³/mol. The molecule has 0 spiro atoms. The number of hydrogen-bond acceptors (Lipinski definition) is 4. The van der Waals surface area contributed by atoms with E-state index in [2.05, 4.69) is 9.98 Å². The van der Waals surface area contributed by atoms with E-state index < -0.39 is 6.04 Å². The molecular formula is C13H17N3O2. The lowest BCUT2D eigenvalue weighted by Crippen LogP contribution is -2.39. The van der Waals surface area contributed by atoms with Crippen molar-refractivity contribution in [3.8, 4) is 0 Å². The number of aromatic nitrogens is 1. The van der Waals surface area contributed by atoms with Gasteiger partial charge in [0.1, 0.15) is 0 Å². The first-order valence-electron chi connectivity index (χ1n) is 6.13. The van der Waals surface area contributed by atoms with E-state index in [0.717, 1.165) is 5.56 Å². The molecule has 1 amide bonds. The number of amides is 1. The second kappa shape index (κ2) is 5.62. The zero-order valence-corrected chi connectivity index (χ0v) is 10.6. The molecule has 2 rings (SSSR count). The fraction of sp³-hybridized carbons (Fsp3) is 0.462. The average Bonchev–Trinajstić information content (AvgIpc) is 2.90. The summed E-state index contributed by atoms with van der Waals surface area (Å²) in [6.07, 6.45) is 4.42. The number of ether oxygens (including phenoxy) is 1. The molecule has 2 heterocycles. The zero-order valence-electron chi connectivity index (χ0n) is 10.6. The van der Waals surface area contributed by atoms with Gasteiger partial charge in [-0.3, -0.25) is 9.78 Å². The summed E-state index contributed by atoms with van der Waals surface area (Å²) in [5.41, 5.74) is 0.924. The highest BCUT2D eigenvalue weighted by molar-refractivity contribution is 5.85. The van der Waals surface area contributed by atoms with Crippen molar-refractivity contribution in [2.24, 2.45) is 4.99 Å². The monoisotopic (exact) mass is 247 g/mol. The molecule has 0 radical (unpaired) electrons. The highest BCUT2D eigenvalue weighted by Crippen LogP contribution is 2.27. The maximum atomic E-state index is 12.3. The van der Waals surface area contributed by atoms with Crippen LogP contribution in [0.2, 0.25) is 0 Å². The number of hydrogen-bond donors (Lipinski definition) is 0. The molecule has 96 valence electrons. The Morgan fingerprint density at radius 1 is 1.33 bits per heavy atom. The Balaban J connectivity index is 2.17. The molecule has 0 aromatic carbocycles. The van der Waals surface area contributed by atoms with Gasteiger partial charge in [-0.25, -0.2) is 4.99 Å². The van der Waals surface area contributed by atoms with Gasteiger partial charge < -0.3 is 9.64 Å². The summed E-state index contributed by atoms with van der Waals surface area (Å²) in [5.74, 6) is 0.00978. The number of aliphatic imine (C=N–C) groups is 1. The molecule has 5 nitrogen and oxygen atoms in total. The van der Waals surface area contributed by atoms with Gasteiger partial charge in [-0.15, -0.1) is 0 Å². The predicted octanol–water partition coefficient (Wildman–Crippen LogP) is 1.42. The van der Waals surface area contributed by atoms with E-state index in [0.29, 0.717) is 13.1 Å². The maximum absolute atomic E-state index is 12.3. The number of rotatable bonds is 4. The summed E-state index contributed by atoms with van der Waals surface area (Å²) in [7, 11) is 0. The second-order valence-corrected chi connectivity index (χ2v) is 4.05. The van der Waals surface area contributed by atoms with Crippen LogP contribution in [0.15, 0.2) is 29.5 Å². The highest BCUT2D eigenvalue weighted by atomic mass is 16.5. The van der Waals surface area contributed by atoms with E-state index in [1.54, 1.807) is 17.3 Å². The molecule has 0 saturated heterocycles. The van der Waals surface area contributed by atoms with Crippen molar-refractivity contribution in [1.29, 1.82) is 0 Å². The number of likely N-dealkylation sites (N-methyl/N-ethyl adjacent to an activating group) is 1. The van der Waals surface area contributed by atoms with Crippen LogP contribution in [0.1, 0.15) is 25.5 Å². The van der Waals surface area contributed by atoms with Crippen molar-refractivity contribution in [3.63, 3.8) is 0 Å². The van der Waals surface area contributed by atoms with Gasteiger partial charge in [0.2, 0.25) is 0 Å². The Bertz CT molecular complexity index is 429. The summed E-state index contributed by atoms with van der Waals surface area (Å²) < 4.78 is 5.44. The second-order valence-electron chi connectivity index (χ2n) is 4.05. The van der Waals surface area contributed by atoms with E-state index >= 15 is 0 Å². The van der Waals surface area contributed by atoms with Crippen molar-refractivity contribution in [1.82, 2.24) is 9.88 Å². The van der Waals surface area contributed by atoms with Crippen LogP contribution >= 0.6 is 0 Å². The molecular weight excluding hydrogens is 230 g/mol. The molecule has 5 heteroatoms. The van der Waals surface area contributed by atoms with Crippen LogP contribution in [0.3, 0.4) is 0 Å². The Morgan fingerprint density at radius 2 is 2.00 bits per heavy atom. The Hall–Kier alpha value is -1.91. The maximum Gasteiger partial charge on any atom is 0.251 e. The SMILES string of the molecule is CCN(CC)C(=O)[C@@H]1N=COC1c1ccncc1. The summed E-state index contributed by atoms with van der Waals surface area (Å²) in [6.45, 7) is 5.29. The topological polar surface area (TPSA) is 54.8 Å². The molecule has 0 bridgehead atoms. The van der Waals surface area contributed by atoms with Gasteiger partial charge in [-0.2, -0.15) is 0 Å². The molecule has 1 unspecified atom stereocenters.